The van der Waals surface area contributed by atoms with Crippen LogP contribution < -0.4 is 15.8 Å². The number of carbonyl (C=O) groups excluding carboxylic acids is 1. The third kappa shape index (κ3) is 11.2. The van der Waals surface area contributed by atoms with E-state index in [1.807, 2.05) is 57.2 Å². The second-order valence-electron chi connectivity index (χ2n) is 17.9. The van der Waals surface area contributed by atoms with Crippen molar-refractivity contribution < 1.29 is 23.8 Å². The van der Waals surface area contributed by atoms with Crippen LogP contribution in [0.3, 0.4) is 0 Å². The van der Waals surface area contributed by atoms with Crippen molar-refractivity contribution in [3.05, 3.63) is 123 Å². The second-order valence-corrected chi connectivity index (χ2v) is 22.2. The van der Waals surface area contributed by atoms with Gasteiger partial charge in [-0.05, 0) is 111 Å². The SMILES string of the molecule is C=C1C(C/C=C(\C)CC/C=N/Nc2ccc([N+](=O)[O-])cc2[N+](=O)[O-])CC[C@H](C)[C@@]1(C)CC[C@H](O[Si](c1ccccc1)(c1ccccc1)C(C)(C)C)C(=O)OC(C)(C)C. The van der Waals surface area contributed by atoms with E-state index in [0.717, 1.165) is 48.5 Å². The number of rotatable bonds is 17. The highest BCUT2D eigenvalue weighted by Gasteiger charge is 2.53. The molecule has 11 nitrogen and oxygen atoms in total. The van der Waals surface area contributed by atoms with E-state index in [9.17, 15) is 25.0 Å². The van der Waals surface area contributed by atoms with E-state index in [1.54, 1.807) is 6.21 Å². The number of hydrazone groups is 1. The number of anilines is 1. The number of allylic oxidation sites excluding steroid dienone is 3. The summed E-state index contributed by atoms with van der Waals surface area (Å²) in [6.45, 7) is 23.8. The number of carbonyl (C=O) groups is 1. The summed E-state index contributed by atoms with van der Waals surface area (Å²) in [7, 11) is -3.07. The van der Waals surface area contributed by atoms with Crippen LogP contribution in [0, 0.1) is 37.5 Å². The van der Waals surface area contributed by atoms with Gasteiger partial charge >= 0.3 is 11.7 Å². The Hall–Kier alpha value is -4.94. The number of nitro groups is 2. The average molecular weight is 811 g/mol. The van der Waals surface area contributed by atoms with Gasteiger partial charge in [-0.2, -0.15) is 5.10 Å². The summed E-state index contributed by atoms with van der Waals surface area (Å²) in [6, 6.07) is 24.2. The molecule has 4 rings (SSSR count). The summed E-state index contributed by atoms with van der Waals surface area (Å²) >= 11 is 0. The number of non-ortho nitro benzene ring substituents is 1. The van der Waals surface area contributed by atoms with Crippen LogP contribution in [-0.4, -0.2) is 42.1 Å². The number of nitrogens with zero attached hydrogens (tertiary/aromatic N) is 3. The van der Waals surface area contributed by atoms with E-state index in [-0.39, 0.29) is 33.7 Å². The largest absolute Gasteiger partial charge is 0.458 e. The molecule has 1 unspecified atom stereocenters. The molecule has 12 heteroatoms. The van der Waals surface area contributed by atoms with Crippen molar-refractivity contribution in [3.8, 4) is 0 Å². The molecule has 0 aromatic heterocycles. The van der Waals surface area contributed by atoms with Gasteiger partial charge in [0.2, 0.25) is 0 Å². The van der Waals surface area contributed by atoms with Crippen LogP contribution in [0.1, 0.15) is 107 Å². The molecule has 3 aromatic rings. The smallest absolute Gasteiger partial charge is 0.334 e. The first-order chi connectivity index (χ1) is 27.2. The van der Waals surface area contributed by atoms with Gasteiger partial charge in [-0.1, -0.05) is 119 Å². The minimum absolute atomic E-state index is 0.0826. The fraction of sp³-hybridized carbons (Fsp3) is 0.478. The van der Waals surface area contributed by atoms with Crippen molar-refractivity contribution in [1.29, 1.82) is 0 Å². The minimum Gasteiger partial charge on any atom is -0.458 e. The Morgan fingerprint density at radius 3 is 2.12 bits per heavy atom. The highest BCUT2D eigenvalue weighted by Crippen LogP contribution is 2.51. The van der Waals surface area contributed by atoms with Crippen LogP contribution in [0.4, 0.5) is 17.1 Å². The van der Waals surface area contributed by atoms with Crippen molar-refractivity contribution in [2.75, 3.05) is 5.43 Å². The van der Waals surface area contributed by atoms with E-state index >= 15 is 0 Å². The Morgan fingerprint density at radius 2 is 1.59 bits per heavy atom. The predicted molar refractivity (Wildman–Crippen MR) is 236 cm³/mol. The Kier molecular flexibility index (Phi) is 15.2. The zero-order valence-corrected chi connectivity index (χ0v) is 36.7. The molecular formula is C46H62N4O7Si. The monoisotopic (exact) mass is 810 g/mol. The van der Waals surface area contributed by atoms with Gasteiger partial charge in [0.1, 0.15) is 17.4 Å². The quantitative estimate of drug-likeness (QED) is 0.0354. The molecule has 312 valence electrons. The van der Waals surface area contributed by atoms with E-state index in [1.165, 1.54) is 23.3 Å². The van der Waals surface area contributed by atoms with Crippen LogP contribution in [0.15, 0.2) is 108 Å². The first-order valence-corrected chi connectivity index (χ1v) is 22.2. The topological polar surface area (TPSA) is 146 Å². The minimum atomic E-state index is -3.07. The highest BCUT2D eigenvalue weighted by atomic mass is 28.4. The van der Waals surface area contributed by atoms with Gasteiger partial charge in [-0.3, -0.25) is 25.7 Å². The molecule has 1 N–H and O–H groups in total. The summed E-state index contributed by atoms with van der Waals surface area (Å²) < 4.78 is 13.6. The first-order valence-electron chi connectivity index (χ1n) is 20.3. The zero-order chi connectivity index (χ0) is 42.9. The number of nitro benzene ring substituents is 2. The van der Waals surface area contributed by atoms with E-state index in [2.05, 4.69) is 82.4 Å². The van der Waals surface area contributed by atoms with Gasteiger partial charge in [0, 0.05) is 12.3 Å². The molecule has 1 fully saturated rings. The summed E-state index contributed by atoms with van der Waals surface area (Å²) in [5.41, 5.74) is 3.46. The van der Waals surface area contributed by atoms with Crippen LogP contribution in [0.5, 0.6) is 0 Å². The molecule has 4 atom stereocenters. The molecule has 1 aliphatic carbocycles. The molecule has 0 aliphatic heterocycles. The molecular weight excluding hydrogens is 749 g/mol. The number of esters is 1. The van der Waals surface area contributed by atoms with Crippen molar-refractivity contribution in [2.24, 2.45) is 22.4 Å². The summed E-state index contributed by atoms with van der Waals surface area (Å²) in [4.78, 5) is 35.4. The van der Waals surface area contributed by atoms with Crippen molar-refractivity contribution in [2.45, 2.75) is 124 Å². The van der Waals surface area contributed by atoms with Crippen LogP contribution in [0.25, 0.3) is 0 Å². The lowest BCUT2D eigenvalue weighted by molar-refractivity contribution is -0.393. The van der Waals surface area contributed by atoms with Crippen LogP contribution in [-0.2, 0) is 14.0 Å². The summed E-state index contributed by atoms with van der Waals surface area (Å²) in [5, 5.41) is 28.5. The molecule has 0 bridgehead atoms. The third-order valence-corrected chi connectivity index (χ3v) is 16.7. The number of ether oxygens (including phenoxy) is 1. The van der Waals surface area contributed by atoms with Gasteiger partial charge in [0.15, 0.2) is 0 Å². The Morgan fingerprint density at radius 1 is 0.983 bits per heavy atom. The standard InChI is InChI=1S/C46H62N4O7Si/c1-33(18-17-31-47-48-40-28-27-37(49(52)53)32-41(40)50(54)55)23-25-36-26-24-34(2)46(10,35(36)3)30-29-42(43(51)56-44(4,5)6)57-58(45(7,8)9,38-19-13-11-14-20-38)39-21-15-12-16-22-39/h11-16,19-23,27-28,31-32,34,36,42,48H,3,17-18,24-26,29-30H2,1-2,4-10H3/b33-23+,47-31+/t34-,36?,42-,46+/m0/s1. The molecule has 3 aromatic carbocycles. The van der Waals surface area contributed by atoms with Crippen LogP contribution in [0.2, 0.25) is 5.04 Å². The molecule has 0 heterocycles. The predicted octanol–water partition coefficient (Wildman–Crippen LogP) is 10.7. The van der Waals surface area contributed by atoms with E-state index in [4.69, 9.17) is 15.7 Å². The lowest BCUT2D eigenvalue weighted by Gasteiger charge is -2.48. The molecule has 0 spiro atoms. The van der Waals surface area contributed by atoms with Gasteiger partial charge in [-0.25, -0.2) is 4.79 Å². The van der Waals surface area contributed by atoms with Gasteiger partial charge in [0.25, 0.3) is 14.0 Å². The number of benzene rings is 3. The molecule has 1 saturated carbocycles. The number of nitrogens with one attached hydrogen (secondary N) is 1. The highest BCUT2D eigenvalue weighted by molar-refractivity contribution is 6.99. The molecule has 1 aliphatic rings. The van der Waals surface area contributed by atoms with Gasteiger partial charge in [-0.15, -0.1) is 0 Å². The fourth-order valence-electron chi connectivity index (χ4n) is 8.12. The van der Waals surface area contributed by atoms with Crippen molar-refractivity contribution >= 4 is 47.9 Å². The number of hydrogen-bond donors (Lipinski definition) is 1. The van der Waals surface area contributed by atoms with E-state index < -0.39 is 35.6 Å². The maximum Gasteiger partial charge on any atom is 0.334 e. The Balaban J connectivity index is 1.50. The summed E-state index contributed by atoms with van der Waals surface area (Å²) in [6.07, 6.45) is 8.65. The Labute approximate surface area is 345 Å². The summed E-state index contributed by atoms with van der Waals surface area (Å²) in [5.74, 6) is 0.313. The molecule has 58 heavy (non-hydrogen) atoms. The zero-order valence-electron chi connectivity index (χ0n) is 35.7. The first kappa shape index (κ1) is 45.8. The molecule has 0 radical (unpaired) electrons. The lowest BCUT2D eigenvalue weighted by atomic mass is 9.59. The van der Waals surface area contributed by atoms with E-state index in [0.29, 0.717) is 18.8 Å². The van der Waals surface area contributed by atoms with Crippen molar-refractivity contribution in [1.82, 2.24) is 0 Å². The second kappa shape index (κ2) is 19.2. The molecule has 0 amide bonds. The third-order valence-electron chi connectivity index (χ3n) is 11.7. The normalized spacial score (nSPS) is 19.8. The lowest BCUT2D eigenvalue weighted by Crippen LogP contribution is -2.68. The van der Waals surface area contributed by atoms with Crippen molar-refractivity contribution in [3.63, 3.8) is 0 Å². The maximum atomic E-state index is 14.3. The Bertz CT molecular complexity index is 1930. The number of hydrogen-bond acceptors (Lipinski definition) is 9. The molecule has 0 saturated heterocycles. The fourth-order valence-corrected chi connectivity index (χ4v) is 12.8. The van der Waals surface area contributed by atoms with Gasteiger partial charge in [0.05, 0.1) is 15.9 Å². The van der Waals surface area contributed by atoms with Gasteiger partial charge < -0.3 is 9.16 Å². The van der Waals surface area contributed by atoms with Crippen LogP contribution >= 0.6 is 0 Å². The maximum absolute atomic E-state index is 14.3. The average Bonchev–Trinajstić information content (AvgIpc) is 3.16.